The van der Waals surface area contributed by atoms with Crippen LogP contribution in [-0.2, 0) is 16.0 Å². The highest BCUT2D eigenvalue weighted by molar-refractivity contribution is 7.10. The Hall–Kier alpha value is -2.14. The maximum atomic E-state index is 13.3. The van der Waals surface area contributed by atoms with Crippen molar-refractivity contribution in [2.24, 2.45) is 5.92 Å². The maximum absolute atomic E-state index is 13.3. The summed E-state index contributed by atoms with van der Waals surface area (Å²) in [7, 11) is 0. The largest absolute Gasteiger partial charge is 0.333 e. The van der Waals surface area contributed by atoms with Gasteiger partial charge in [0.05, 0.1) is 12.6 Å². The number of fused-ring (bicyclic) bond motifs is 1. The second-order valence-corrected chi connectivity index (χ2v) is 8.52. The molecule has 2 heterocycles. The lowest BCUT2D eigenvalue weighted by Gasteiger charge is -2.38. The Morgan fingerprint density at radius 1 is 1.19 bits per heavy atom. The van der Waals surface area contributed by atoms with Gasteiger partial charge in [-0.25, -0.2) is 0 Å². The second kappa shape index (κ2) is 7.47. The van der Waals surface area contributed by atoms with Crippen molar-refractivity contribution in [3.63, 3.8) is 0 Å². The summed E-state index contributed by atoms with van der Waals surface area (Å²) in [6, 6.07) is 10.4. The van der Waals surface area contributed by atoms with E-state index >= 15 is 0 Å². The fourth-order valence-electron chi connectivity index (χ4n) is 4.00. The predicted molar refractivity (Wildman–Crippen MR) is 108 cm³/mol. The van der Waals surface area contributed by atoms with Gasteiger partial charge in [-0.15, -0.1) is 11.3 Å². The molecule has 2 amide bonds. The molecule has 1 aliphatic carbocycles. The van der Waals surface area contributed by atoms with Crippen molar-refractivity contribution in [2.45, 2.75) is 39.2 Å². The average molecular weight is 383 g/mol. The van der Waals surface area contributed by atoms with Crippen LogP contribution in [0, 0.1) is 12.8 Å². The third kappa shape index (κ3) is 3.53. The molecule has 27 heavy (non-hydrogen) atoms. The van der Waals surface area contributed by atoms with Crippen molar-refractivity contribution in [3.8, 4) is 0 Å². The Balaban J connectivity index is 1.63. The number of hydrogen-bond donors (Lipinski definition) is 0. The first-order valence-corrected chi connectivity index (χ1v) is 10.7. The first-order chi connectivity index (χ1) is 13.1. The van der Waals surface area contributed by atoms with Crippen molar-refractivity contribution in [3.05, 3.63) is 57.3 Å². The van der Waals surface area contributed by atoms with Crippen LogP contribution in [0.25, 0.3) is 0 Å². The summed E-state index contributed by atoms with van der Waals surface area (Å²) in [5.41, 5.74) is 3.62. The van der Waals surface area contributed by atoms with Crippen LogP contribution >= 0.6 is 11.3 Å². The van der Waals surface area contributed by atoms with E-state index in [0.29, 0.717) is 13.1 Å². The Labute approximate surface area is 164 Å². The Morgan fingerprint density at radius 2 is 1.96 bits per heavy atom. The maximum Gasteiger partial charge on any atom is 0.242 e. The van der Waals surface area contributed by atoms with Gasteiger partial charge in [0.15, 0.2) is 0 Å². The van der Waals surface area contributed by atoms with E-state index in [0.717, 1.165) is 19.3 Å². The van der Waals surface area contributed by atoms with Crippen molar-refractivity contribution in [2.75, 3.05) is 19.6 Å². The van der Waals surface area contributed by atoms with E-state index < -0.39 is 0 Å². The molecule has 1 fully saturated rings. The van der Waals surface area contributed by atoms with Crippen LogP contribution < -0.4 is 0 Å². The van der Waals surface area contributed by atoms with Crippen molar-refractivity contribution in [1.29, 1.82) is 0 Å². The van der Waals surface area contributed by atoms with Crippen LogP contribution in [0.5, 0.6) is 0 Å². The van der Waals surface area contributed by atoms with Crippen LogP contribution in [0.3, 0.4) is 0 Å². The molecular weight excluding hydrogens is 356 g/mol. The Morgan fingerprint density at radius 3 is 2.67 bits per heavy atom. The molecule has 1 aliphatic heterocycles. The second-order valence-electron chi connectivity index (χ2n) is 7.52. The zero-order valence-electron chi connectivity index (χ0n) is 16.0. The number of carbonyl (C=O) groups excluding carboxylic acids is 2. The number of carbonyl (C=O) groups is 2. The molecule has 1 aromatic carbocycles. The number of hydrogen-bond acceptors (Lipinski definition) is 3. The van der Waals surface area contributed by atoms with Crippen LogP contribution in [0.4, 0.5) is 0 Å². The molecule has 0 N–H and O–H groups in total. The number of thiophene rings is 1. The Bertz CT molecular complexity index is 856. The van der Waals surface area contributed by atoms with Gasteiger partial charge in [0, 0.05) is 23.9 Å². The number of benzene rings is 1. The highest BCUT2D eigenvalue weighted by Gasteiger charge is 2.37. The predicted octanol–water partition coefficient (Wildman–Crippen LogP) is 3.79. The highest BCUT2D eigenvalue weighted by atomic mass is 32.1. The number of aryl methyl sites for hydroxylation is 1. The van der Waals surface area contributed by atoms with Crippen molar-refractivity contribution >= 4 is 23.2 Å². The monoisotopic (exact) mass is 382 g/mol. The molecule has 0 unspecified atom stereocenters. The first kappa shape index (κ1) is 18.2. The van der Waals surface area contributed by atoms with Gasteiger partial charge in [-0.2, -0.15) is 0 Å². The molecule has 1 aromatic heterocycles. The molecule has 0 bridgehead atoms. The normalized spacial score (nSPS) is 18.9. The molecule has 1 atom stereocenters. The minimum atomic E-state index is -0.0524. The van der Waals surface area contributed by atoms with E-state index in [9.17, 15) is 9.59 Å². The fraction of sp³-hybridized carbons (Fsp3) is 0.455. The van der Waals surface area contributed by atoms with Crippen LogP contribution in [0.2, 0.25) is 0 Å². The smallest absolute Gasteiger partial charge is 0.242 e. The quantitative estimate of drug-likeness (QED) is 0.789. The molecule has 4 nitrogen and oxygen atoms in total. The van der Waals surface area contributed by atoms with Gasteiger partial charge >= 0.3 is 0 Å². The first-order valence-electron chi connectivity index (χ1n) is 9.80. The van der Waals surface area contributed by atoms with E-state index in [1.54, 1.807) is 16.2 Å². The molecule has 0 saturated heterocycles. The van der Waals surface area contributed by atoms with Crippen LogP contribution in [0.15, 0.2) is 35.7 Å². The summed E-state index contributed by atoms with van der Waals surface area (Å²) >= 11 is 1.78. The third-order valence-corrected chi connectivity index (χ3v) is 6.71. The summed E-state index contributed by atoms with van der Waals surface area (Å²) in [6.45, 7) is 5.55. The molecule has 0 radical (unpaired) electrons. The summed E-state index contributed by atoms with van der Waals surface area (Å²) in [4.78, 5) is 30.8. The van der Waals surface area contributed by atoms with Crippen LogP contribution in [-0.4, -0.2) is 41.2 Å². The van der Waals surface area contributed by atoms with Gasteiger partial charge in [0.1, 0.15) is 0 Å². The molecule has 2 aliphatic rings. The number of amides is 2. The summed E-state index contributed by atoms with van der Waals surface area (Å²) < 4.78 is 0. The summed E-state index contributed by atoms with van der Waals surface area (Å²) in [5.74, 6) is 0.345. The minimum Gasteiger partial charge on any atom is -0.333 e. The topological polar surface area (TPSA) is 40.6 Å². The van der Waals surface area contributed by atoms with E-state index in [-0.39, 0.29) is 30.3 Å². The molecule has 1 saturated carbocycles. The standard InChI is InChI=1S/C22H26N2O2S/c1-3-23(22(26)16-8-9-16)14-20(25)24-12-10-19-18(11-13-27-19)21(24)17-7-5-4-6-15(17)2/h4-7,11,13,16,21H,3,8-10,12,14H2,1-2H3/t21-/m1/s1. The molecule has 2 aromatic rings. The average Bonchev–Trinajstić information content (AvgIpc) is 3.42. The van der Waals surface area contributed by atoms with Gasteiger partial charge in [-0.1, -0.05) is 24.3 Å². The summed E-state index contributed by atoms with van der Waals surface area (Å²) in [5, 5.41) is 2.12. The zero-order chi connectivity index (χ0) is 19.0. The van der Waals surface area contributed by atoms with Gasteiger partial charge in [-0.3, -0.25) is 9.59 Å². The lowest BCUT2D eigenvalue weighted by Crippen LogP contribution is -2.47. The molecular formula is C22H26N2O2S. The van der Waals surface area contributed by atoms with E-state index in [1.807, 2.05) is 24.0 Å². The molecule has 5 heteroatoms. The van der Waals surface area contributed by atoms with Gasteiger partial charge in [-0.05, 0) is 61.2 Å². The van der Waals surface area contributed by atoms with E-state index in [1.165, 1.54) is 21.6 Å². The van der Waals surface area contributed by atoms with Crippen LogP contribution in [0.1, 0.15) is 47.4 Å². The molecule has 142 valence electrons. The van der Waals surface area contributed by atoms with E-state index in [2.05, 4.69) is 30.5 Å². The highest BCUT2D eigenvalue weighted by Crippen LogP contribution is 2.39. The minimum absolute atomic E-state index is 0.0518. The lowest BCUT2D eigenvalue weighted by molar-refractivity contribution is -0.142. The van der Waals surface area contributed by atoms with Gasteiger partial charge in [0.25, 0.3) is 0 Å². The van der Waals surface area contributed by atoms with Crippen molar-refractivity contribution < 1.29 is 9.59 Å². The fourth-order valence-corrected chi connectivity index (χ4v) is 4.91. The third-order valence-electron chi connectivity index (χ3n) is 5.72. The van der Waals surface area contributed by atoms with E-state index in [4.69, 9.17) is 0 Å². The number of likely N-dealkylation sites (N-methyl/N-ethyl adjacent to an activating group) is 1. The lowest BCUT2D eigenvalue weighted by atomic mass is 9.90. The van der Waals surface area contributed by atoms with Gasteiger partial charge in [0.2, 0.25) is 11.8 Å². The molecule has 4 rings (SSSR count). The van der Waals surface area contributed by atoms with Gasteiger partial charge < -0.3 is 9.80 Å². The number of nitrogens with zero attached hydrogens (tertiary/aromatic N) is 2. The Kier molecular flexibility index (Phi) is 5.04. The van der Waals surface area contributed by atoms with Crippen molar-refractivity contribution in [1.82, 2.24) is 9.80 Å². The number of rotatable bonds is 5. The summed E-state index contributed by atoms with van der Waals surface area (Å²) in [6.07, 6.45) is 2.83. The SMILES string of the molecule is CCN(CC(=O)N1CCc2sccc2[C@H]1c1ccccc1C)C(=O)C1CC1. The molecule has 0 spiro atoms. The zero-order valence-corrected chi connectivity index (χ0v) is 16.8.